The summed E-state index contributed by atoms with van der Waals surface area (Å²) in [6.07, 6.45) is 0. The summed E-state index contributed by atoms with van der Waals surface area (Å²) in [5, 5.41) is 2.65. The fourth-order valence-electron chi connectivity index (χ4n) is 1.78. The third kappa shape index (κ3) is 3.82. The number of anilines is 1. The van der Waals surface area contributed by atoms with Crippen LogP contribution in [0.15, 0.2) is 53.4 Å². The number of hydrogen-bond acceptors (Lipinski definition) is 3. The highest BCUT2D eigenvalue weighted by molar-refractivity contribution is 7.92. The number of halogens is 1. The number of amides is 1. The van der Waals surface area contributed by atoms with Gasteiger partial charge in [-0.2, -0.15) is 0 Å². The number of rotatable bonds is 5. The predicted molar refractivity (Wildman–Crippen MR) is 81.7 cm³/mol. The molecule has 2 aromatic rings. The van der Waals surface area contributed by atoms with Gasteiger partial charge in [-0.3, -0.25) is 9.52 Å². The van der Waals surface area contributed by atoms with Crippen LogP contribution >= 0.6 is 0 Å². The second kappa shape index (κ2) is 6.57. The molecule has 7 heteroatoms. The minimum Gasteiger partial charge on any atom is -0.352 e. The normalized spacial score (nSPS) is 11.0. The lowest BCUT2D eigenvalue weighted by molar-refractivity contribution is 0.0956. The Bertz CT molecular complexity index is 756. The summed E-state index contributed by atoms with van der Waals surface area (Å²) in [6.45, 7) is 2.32. The van der Waals surface area contributed by atoms with Crippen LogP contribution in [0.25, 0.3) is 0 Å². The van der Waals surface area contributed by atoms with Gasteiger partial charge in [0.15, 0.2) is 0 Å². The summed E-state index contributed by atoms with van der Waals surface area (Å²) in [6, 6.07) is 10.5. The van der Waals surface area contributed by atoms with Crippen molar-refractivity contribution in [1.29, 1.82) is 0 Å². The van der Waals surface area contributed by atoms with Crippen LogP contribution in [0.5, 0.6) is 0 Å². The Balaban J connectivity index is 2.16. The lowest BCUT2D eigenvalue weighted by atomic mass is 10.2. The average Bonchev–Trinajstić information content (AvgIpc) is 2.48. The molecule has 0 aromatic heterocycles. The SMILES string of the molecule is CCNC(=O)c1ccc(NS(=O)(=O)c2ccc(F)cc2)cc1. The van der Waals surface area contributed by atoms with Gasteiger partial charge in [0.2, 0.25) is 0 Å². The topological polar surface area (TPSA) is 75.3 Å². The van der Waals surface area contributed by atoms with Crippen molar-refractivity contribution in [2.45, 2.75) is 11.8 Å². The maximum atomic E-state index is 12.8. The second-order valence-corrected chi connectivity index (χ2v) is 6.18. The van der Waals surface area contributed by atoms with E-state index in [1.807, 2.05) is 6.92 Å². The number of nitrogens with one attached hydrogen (secondary N) is 2. The maximum absolute atomic E-state index is 12.8. The summed E-state index contributed by atoms with van der Waals surface area (Å²) in [7, 11) is -3.79. The van der Waals surface area contributed by atoms with Crippen molar-refractivity contribution < 1.29 is 17.6 Å². The van der Waals surface area contributed by atoms with E-state index in [4.69, 9.17) is 0 Å². The molecular formula is C15H15FN2O3S. The minimum absolute atomic E-state index is 0.0401. The summed E-state index contributed by atoms with van der Waals surface area (Å²) in [5.41, 5.74) is 0.754. The molecule has 0 spiro atoms. The van der Waals surface area contributed by atoms with Crippen LogP contribution in [-0.2, 0) is 10.0 Å². The van der Waals surface area contributed by atoms with Gasteiger partial charge in [-0.15, -0.1) is 0 Å². The Hall–Kier alpha value is -2.41. The Morgan fingerprint density at radius 2 is 1.64 bits per heavy atom. The third-order valence-electron chi connectivity index (χ3n) is 2.86. The van der Waals surface area contributed by atoms with Crippen LogP contribution < -0.4 is 10.0 Å². The lowest BCUT2D eigenvalue weighted by Crippen LogP contribution is -2.22. The number of benzene rings is 2. The van der Waals surface area contributed by atoms with E-state index < -0.39 is 15.8 Å². The van der Waals surface area contributed by atoms with Crippen LogP contribution in [0.3, 0.4) is 0 Å². The van der Waals surface area contributed by atoms with E-state index in [1.54, 1.807) is 0 Å². The molecule has 0 radical (unpaired) electrons. The van der Waals surface area contributed by atoms with Gasteiger partial charge in [-0.25, -0.2) is 12.8 Å². The summed E-state index contributed by atoms with van der Waals surface area (Å²) < 4.78 is 39.4. The van der Waals surface area contributed by atoms with Crippen molar-refractivity contribution in [2.24, 2.45) is 0 Å². The molecule has 0 aliphatic carbocycles. The Labute approximate surface area is 128 Å². The molecule has 0 aliphatic rings. The van der Waals surface area contributed by atoms with Crippen LogP contribution in [0.2, 0.25) is 0 Å². The van der Waals surface area contributed by atoms with Crippen molar-refractivity contribution in [3.63, 3.8) is 0 Å². The first-order chi connectivity index (χ1) is 10.4. The zero-order valence-corrected chi connectivity index (χ0v) is 12.7. The van der Waals surface area contributed by atoms with E-state index in [0.29, 0.717) is 17.8 Å². The molecule has 2 N–H and O–H groups in total. The molecule has 1 amide bonds. The quantitative estimate of drug-likeness (QED) is 0.887. The summed E-state index contributed by atoms with van der Waals surface area (Å²) >= 11 is 0. The molecule has 0 atom stereocenters. The van der Waals surface area contributed by atoms with Crippen molar-refractivity contribution in [1.82, 2.24) is 5.32 Å². The van der Waals surface area contributed by atoms with E-state index in [0.717, 1.165) is 12.1 Å². The smallest absolute Gasteiger partial charge is 0.261 e. The number of carbonyl (C=O) groups is 1. The van der Waals surface area contributed by atoms with Gasteiger partial charge < -0.3 is 5.32 Å². The van der Waals surface area contributed by atoms with Crippen molar-refractivity contribution in [2.75, 3.05) is 11.3 Å². The standard InChI is InChI=1S/C15H15FN2O3S/c1-2-17-15(19)11-3-7-13(8-4-11)18-22(20,21)14-9-5-12(16)6-10-14/h3-10,18H,2H2,1H3,(H,17,19). The highest BCUT2D eigenvalue weighted by Gasteiger charge is 2.14. The van der Waals surface area contributed by atoms with Gasteiger partial charge in [0.05, 0.1) is 4.90 Å². The van der Waals surface area contributed by atoms with Crippen LogP contribution in [0.4, 0.5) is 10.1 Å². The highest BCUT2D eigenvalue weighted by atomic mass is 32.2. The van der Waals surface area contributed by atoms with Gasteiger partial charge in [-0.1, -0.05) is 0 Å². The minimum atomic E-state index is -3.79. The third-order valence-corrected chi connectivity index (χ3v) is 4.26. The Morgan fingerprint density at radius 1 is 1.05 bits per heavy atom. The van der Waals surface area contributed by atoms with Gasteiger partial charge in [0.1, 0.15) is 5.82 Å². The second-order valence-electron chi connectivity index (χ2n) is 4.50. The lowest BCUT2D eigenvalue weighted by Gasteiger charge is -2.09. The van der Waals surface area contributed by atoms with Gasteiger partial charge in [0.25, 0.3) is 15.9 Å². The zero-order chi connectivity index (χ0) is 16.2. The predicted octanol–water partition coefficient (Wildman–Crippen LogP) is 2.38. The van der Waals surface area contributed by atoms with E-state index in [9.17, 15) is 17.6 Å². The monoisotopic (exact) mass is 322 g/mol. The average molecular weight is 322 g/mol. The molecule has 0 fully saturated rings. The van der Waals surface area contributed by atoms with Gasteiger partial charge >= 0.3 is 0 Å². The number of hydrogen-bond donors (Lipinski definition) is 2. The highest BCUT2D eigenvalue weighted by Crippen LogP contribution is 2.17. The van der Waals surface area contributed by atoms with Crippen molar-refractivity contribution in [3.05, 3.63) is 59.9 Å². The zero-order valence-electron chi connectivity index (χ0n) is 11.8. The van der Waals surface area contributed by atoms with E-state index in [2.05, 4.69) is 10.0 Å². The fraction of sp³-hybridized carbons (Fsp3) is 0.133. The van der Waals surface area contributed by atoms with E-state index in [-0.39, 0.29) is 10.8 Å². The molecule has 0 saturated carbocycles. The van der Waals surface area contributed by atoms with E-state index >= 15 is 0 Å². The number of carbonyl (C=O) groups excluding carboxylic acids is 1. The number of sulfonamides is 1. The Morgan fingerprint density at radius 3 is 2.18 bits per heavy atom. The van der Waals surface area contributed by atoms with Gasteiger partial charge in [-0.05, 0) is 55.5 Å². The largest absolute Gasteiger partial charge is 0.352 e. The molecule has 0 unspecified atom stereocenters. The fourth-order valence-corrected chi connectivity index (χ4v) is 2.84. The van der Waals surface area contributed by atoms with Crippen LogP contribution in [-0.4, -0.2) is 20.9 Å². The Kier molecular flexibility index (Phi) is 4.77. The first-order valence-electron chi connectivity index (χ1n) is 6.59. The van der Waals surface area contributed by atoms with Crippen LogP contribution in [0, 0.1) is 5.82 Å². The first-order valence-corrected chi connectivity index (χ1v) is 8.07. The summed E-state index contributed by atoms with van der Waals surface area (Å²) in [5.74, 6) is -0.735. The molecule has 0 aliphatic heterocycles. The van der Waals surface area contributed by atoms with Crippen molar-refractivity contribution in [3.8, 4) is 0 Å². The van der Waals surface area contributed by atoms with E-state index in [1.165, 1.54) is 36.4 Å². The molecule has 5 nitrogen and oxygen atoms in total. The molecule has 116 valence electrons. The molecule has 0 saturated heterocycles. The van der Waals surface area contributed by atoms with Crippen molar-refractivity contribution >= 4 is 21.6 Å². The van der Waals surface area contributed by atoms with Crippen LogP contribution in [0.1, 0.15) is 17.3 Å². The molecule has 2 rings (SSSR count). The first kappa shape index (κ1) is 16.0. The summed E-state index contributed by atoms with van der Waals surface area (Å²) in [4.78, 5) is 11.6. The molecule has 0 bridgehead atoms. The van der Waals surface area contributed by atoms with Gasteiger partial charge in [0, 0.05) is 17.8 Å². The molecule has 0 heterocycles. The molecule has 2 aromatic carbocycles. The molecule has 22 heavy (non-hydrogen) atoms. The maximum Gasteiger partial charge on any atom is 0.261 e. The molecular weight excluding hydrogens is 307 g/mol.